The second-order valence-electron chi connectivity index (χ2n) is 5.67. The molecule has 116 valence electrons. The van der Waals surface area contributed by atoms with Gasteiger partial charge in [0.05, 0.1) is 23.9 Å². The molecule has 21 heavy (non-hydrogen) atoms. The van der Waals surface area contributed by atoms with Crippen molar-refractivity contribution in [3.63, 3.8) is 0 Å². The fourth-order valence-electron chi connectivity index (χ4n) is 3.37. The van der Waals surface area contributed by atoms with E-state index in [1.54, 1.807) is 24.2 Å². The Bertz CT molecular complexity index is 507. The number of hydrogen-bond donors (Lipinski definition) is 1. The van der Waals surface area contributed by atoms with Crippen LogP contribution in [0, 0.1) is 11.8 Å². The second-order valence-corrected chi connectivity index (χ2v) is 6.11. The Morgan fingerprint density at radius 1 is 1.67 bits per heavy atom. The number of ether oxygens (including phenoxy) is 2. The smallest absolute Gasteiger partial charge is 0.222 e. The molecule has 1 aromatic rings. The first-order chi connectivity index (χ1) is 10.2. The molecule has 1 amide bonds. The first-order valence-corrected chi connectivity index (χ1v) is 7.64. The highest BCUT2D eigenvalue weighted by atomic mass is 35.5. The number of aromatic nitrogens is 2. The van der Waals surface area contributed by atoms with Crippen molar-refractivity contribution in [2.45, 2.75) is 31.5 Å². The van der Waals surface area contributed by atoms with E-state index in [2.05, 4.69) is 10.4 Å². The van der Waals surface area contributed by atoms with E-state index in [9.17, 15) is 4.79 Å². The molecule has 1 aromatic heterocycles. The van der Waals surface area contributed by atoms with Crippen molar-refractivity contribution in [3.05, 3.63) is 17.4 Å². The maximum atomic E-state index is 12.1. The second kappa shape index (κ2) is 6.34. The summed E-state index contributed by atoms with van der Waals surface area (Å²) in [7, 11) is 1.68. The lowest BCUT2D eigenvalue weighted by atomic mass is 9.67. The highest BCUT2D eigenvalue weighted by Crippen LogP contribution is 2.43. The summed E-state index contributed by atoms with van der Waals surface area (Å²) in [5.74, 6) is 0.747. The Labute approximate surface area is 128 Å². The highest BCUT2D eigenvalue weighted by molar-refractivity contribution is 6.30. The molecular formula is C14H20ClN3O3. The lowest BCUT2D eigenvalue weighted by Crippen LogP contribution is -2.62. The summed E-state index contributed by atoms with van der Waals surface area (Å²) in [6.07, 6.45) is 4.95. The van der Waals surface area contributed by atoms with Gasteiger partial charge in [0.15, 0.2) is 0 Å². The van der Waals surface area contributed by atoms with Gasteiger partial charge in [-0.2, -0.15) is 5.10 Å². The molecule has 1 saturated heterocycles. The molecule has 0 bridgehead atoms. The fourth-order valence-corrected chi connectivity index (χ4v) is 3.53. The minimum Gasteiger partial charge on any atom is -0.384 e. The predicted octanol–water partition coefficient (Wildman–Crippen LogP) is 1.09. The topological polar surface area (TPSA) is 65.4 Å². The zero-order valence-corrected chi connectivity index (χ0v) is 12.8. The van der Waals surface area contributed by atoms with Gasteiger partial charge < -0.3 is 14.8 Å². The van der Waals surface area contributed by atoms with Gasteiger partial charge in [-0.25, -0.2) is 0 Å². The molecule has 7 heteroatoms. The molecular weight excluding hydrogens is 294 g/mol. The van der Waals surface area contributed by atoms with E-state index in [0.717, 1.165) is 13.0 Å². The maximum Gasteiger partial charge on any atom is 0.222 e. The summed E-state index contributed by atoms with van der Waals surface area (Å²) < 4.78 is 12.6. The molecule has 2 fully saturated rings. The highest BCUT2D eigenvalue weighted by Gasteiger charge is 2.54. The van der Waals surface area contributed by atoms with Crippen LogP contribution in [0.1, 0.15) is 12.8 Å². The Balaban J connectivity index is 1.49. The van der Waals surface area contributed by atoms with Gasteiger partial charge in [-0.1, -0.05) is 11.6 Å². The minimum atomic E-state index is 0.0399. The van der Waals surface area contributed by atoms with E-state index in [-0.39, 0.29) is 24.0 Å². The molecule has 4 atom stereocenters. The molecule has 3 rings (SSSR count). The van der Waals surface area contributed by atoms with E-state index in [0.29, 0.717) is 30.5 Å². The summed E-state index contributed by atoms with van der Waals surface area (Å²) in [5.41, 5.74) is 0. The SMILES string of the molecule is COC[C@H]1[C@H](NC(=O)CCn2cc(Cl)cn2)[C@H]2CCO[C@H]21. The number of carbonyl (C=O) groups excluding carboxylic acids is 1. The van der Waals surface area contributed by atoms with Crippen molar-refractivity contribution in [1.82, 2.24) is 15.1 Å². The van der Waals surface area contributed by atoms with Crippen molar-refractivity contribution in [3.8, 4) is 0 Å². The van der Waals surface area contributed by atoms with Gasteiger partial charge in [0.1, 0.15) is 0 Å². The van der Waals surface area contributed by atoms with Crippen molar-refractivity contribution < 1.29 is 14.3 Å². The van der Waals surface area contributed by atoms with Crippen LogP contribution in [0.4, 0.5) is 0 Å². The van der Waals surface area contributed by atoms with Gasteiger partial charge in [-0.05, 0) is 6.42 Å². The van der Waals surface area contributed by atoms with Crippen LogP contribution in [0.5, 0.6) is 0 Å². The van der Waals surface area contributed by atoms with E-state index >= 15 is 0 Å². The number of hydrogen-bond acceptors (Lipinski definition) is 4. The van der Waals surface area contributed by atoms with Crippen LogP contribution in [0.3, 0.4) is 0 Å². The van der Waals surface area contributed by atoms with Gasteiger partial charge in [0.2, 0.25) is 5.91 Å². The molecule has 1 aliphatic carbocycles. The first kappa shape index (κ1) is 14.8. The predicted molar refractivity (Wildman–Crippen MR) is 77.0 cm³/mol. The minimum absolute atomic E-state index is 0.0399. The normalized spacial score (nSPS) is 30.8. The Morgan fingerprint density at radius 2 is 2.52 bits per heavy atom. The van der Waals surface area contributed by atoms with Crippen LogP contribution in [-0.2, 0) is 20.8 Å². The number of halogens is 1. The van der Waals surface area contributed by atoms with Gasteiger partial charge in [-0.15, -0.1) is 0 Å². The molecule has 0 aromatic carbocycles. The van der Waals surface area contributed by atoms with Gasteiger partial charge in [0, 0.05) is 50.8 Å². The third kappa shape index (κ3) is 3.07. The molecule has 0 unspecified atom stereocenters. The average Bonchev–Trinajstić information content (AvgIpc) is 3.07. The van der Waals surface area contributed by atoms with Crippen LogP contribution < -0.4 is 5.32 Å². The standard InChI is InChI=1S/C14H20ClN3O3/c1-20-8-11-13(10-3-5-21-14(10)11)17-12(19)2-4-18-7-9(15)6-16-18/h6-7,10-11,13-14H,2-5,8H2,1H3,(H,17,19)/t10-,11+,13-,14-/m1/s1. The lowest BCUT2D eigenvalue weighted by Gasteiger charge is -2.47. The first-order valence-electron chi connectivity index (χ1n) is 7.27. The molecule has 1 saturated carbocycles. The van der Waals surface area contributed by atoms with Crippen molar-refractivity contribution in [2.24, 2.45) is 11.8 Å². The van der Waals surface area contributed by atoms with Gasteiger partial charge >= 0.3 is 0 Å². The van der Waals surface area contributed by atoms with Crippen LogP contribution in [-0.4, -0.2) is 48.2 Å². The largest absolute Gasteiger partial charge is 0.384 e. The fraction of sp³-hybridized carbons (Fsp3) is 0.714. The third-order valence-corrected chi connectivity index (χ3v) is 4.58. The lowest BCUT2D eigenvalue weighted by molar-refractivity contribution is -0.130. The number of nitrogens with zero attached hydrogens (tertiary/aromatic N) is 2. The van der Waals surface area contributed by atoms with Crippen molar-refractivity contribution in [2.75, 3.05) is 20.3 Å². The van der Waals surface area contributed by atoms with Gasteiger partial charge in [0.25, 0.3) is 0 Å². The number of rotatable bonds is 6. The number of aryl methyl sites for hydroxylation is 1. The van der Waals surface area contributed by atoms with Crippen LogP contribution >= 0.6 is 11.6 Å². The summed E-state index contributed by atoms with van der Waals surface area (Å²) in [6.45, 7) is 1.94. The van der Waals surface area contributed by atoms with E-state index in [1.807, 2.05) is 0 Å². The summed E-state index contributed by atoms with van der Waals surface area (Å²) >= 11 is 5.79. The molecule has 0 spiro atoms. The molecule has 2 aliphatic rings. The number of methoxy groups -OCH3 is 1. The number of nitrogens with one attached hydrogen (secondary N) is 1. The van der Waals surface area contributed by atoms with E-state index < -0.39 is 0 Å². The number of fused-ring (bicyclic) bond motifs is 1. The number of carbonyl (C=O) groups is 1. The molecule has 2 heterocycles. The average molecular weight is 314 g/mol. The van der Waals surface area contributed by atoms with Crippen molar-refractivity contribution >= 4 is 17.5 Å². The van der Waals surface area contributed by atoms with Crippen LogP contribution in [0.2, 0.25) is 5.02 Å². The quantitative estimate of drug-likeness (QED) is 0.854. The number of amides is 1. The summed E-state index contributed by atoms with van der Waals surface area (Å²) in [5, 5.41) is 7.77. The molecule has 0 radical (unpaired) electrons. The van der Waals surface area contributed by atoms with Crippen molar-refractivity contribution in [1.29, 1.82) is 0 Å². The maximum absolute atomic E-state index is 12.1. The van der Waals surface area contributed by atoms with E-state index in [4.69, 9.17) is 21.1 Å². The molecule has 1 aliphatic heterocycles. The zero-order chi connectivity index (χ0) is 14.8. The Hall–Kier alpha value is -1.11. The molecule has 6 nitrogen and oxygen atoms in total. The third-order valence-electron chi connectivity index (χ3n) is 4.38. The van der Waals surface area contributed by atoms with Gasteiger partial charge in [-0.3, -0.25) is 9.48 Å². The van der Waals surface area contributed by atoms with E-state index in [1.165, 1.54) is 0 Å². The summed E-state index contributed by atoms with van der Waals surface area (Å²) in [6, 6.07) is 0.172. The Kier molecular flexibility index (Phi) is 4.47. The zero-order valence-electron chi connectivity index (χ0n) is 12.0. The Morgan fingerprint density at radius 3 is 3.24 bits per heavy atom. The summed E-state index contributed by atoms with van der Waals surface area (Å²) in [4.78, 5) is 12.1. The van der Waals surface area contributed by atoms with Crippen LogP contribution in [0.25, 0.3) is 0 Å². The monoisotopic (exact) mass is 313 g/mol. The van der Waals surface area contributed by atoms with Crippen LogP contribution in [0.15, 0.2) is 12.4 Å². The molecule has 1 N–H and O–H groups in total.